The minimum atomic E-state index is 1.17. The number of hydrogen-bond donors (Lipinski definition) is 0. The zero-order valence-electron chi connectivity index (χ0n) is 8.04. The van der Waals surface area contributed by atoms with Crippen molar-refractivity contribution in [3.05, 3.63) is 29.3 Å². The third-order valence-corrected chi connectivity index (χ3v) is 3.42. The van der Waals surface area contributed by atoms with Crippen LogP contribution in [-0.2, 0) is 23.4 Å². The van der Waals surface area contributed by atoms with Gasteiger partial charge in [-0.05, 0) is 0 Å². The van der Waals surface area contributed by atoms with Gasteiger partial charge in [-0.2, -0.15) is 0 Å². The van der Waals surface area contributed by atoms with Gasteiger partial charge in [-0.25, -0.2) is 0 Å². The van der Waals surface area contributed by atoms with Crippen LogP contribution in [0.1, 0.15) is 17.5 Å². The Morgan fingerprint density at radius 2 is 2.08 bits per heavy atom. The third-order valence-electron chi connectivity index (χ3n) is 2.61. The van der Waals surface area contributed by atoms with E-state index in [9.17, 15) is 0 Å². The van der Waals surface area contributed by atoms with Gasteiger partial charge >= 0.3 is 88.1 Å². The molecule has 1 aromatic rings. The maximum absolute atomic E-state index is 2.67. The molecule has 13 heavy (non-hydrogen) atoms. The first-order valence-corrected chi connectivity index (χ1v) is 5.26. The first-order valence-electron chi connectivity index (χ1n) is 4.56. The third kappa shape index (κ3) is 1.59. The van der Waals surface area contributed by atoms with Gasteiger partial charge in [0.15, 0.2) is 0 Å². The van der Waals surface area contributed by atoms with Crippen LogP contribution in [0.4, 0.5) is 5.69 Å². The van der Waals surface area contributed by atoms with E-state index in [0.29, 0.717) is 0 Å². The van der Waals surface area contributed by atoms with Crippen molar-refractivity contribution < 1.29 is 17.0 Å². The molecule has 0 atom stereocenters. The van der Waals surface area contributed by atoms with Gasteiger partial charge in [0.2, 0.25) is 0 Å². The van der Waals surface area contributed by atoms with Crippen LogP contribution in [-0.4, -0.2) is 11.4 Å². The van der Waals surface area contributed by atoms with Crippen molar-refractivity contribution in [3.63, 3.8) is 0 Å². The molecule has 0 N–H and O–H groups in total. The van der Waals surface area contributed by atoms with Crippen molar-refractivity contribution in [1.29, 1.82) is 0 Å². The molecule has 0 saturated carbocycles. The average Bonchev–Trinajstić information content (AvgIpc) is 2.12. The topological polar surface area (TPSA) is 3.24 Å². The molecule has 1 heterocycles. The summed E-state index contributed by atoms with van der Waals surface area (Å²) in [5.41, 5.74) is 4.19. The van der Waals surface area contributed by atoms with Crippen molar-refractivity contribution in [2.45, 2.75) is 19.8 Å². The van der Waals surface area contributed by atoms with Gasteiger partial charge in [0, 0.05) is 0 Å². The van der Waals surface area contributed by atoms with Crippen LogP contribution >= 0.6 is 0 Å². The quantitative estimate of drug-likeness (QED) is 0.633. The molecule has 0 spiro atoms. The van der Waals surface area contributed by atoms with E-state index < -0.39 is 0 Å². The van der Waals surface area contributed by atoms with E-state index in [1.807, 2.05) is 0 Å². The van der Waals surface area contributed by atoms with Gasteiger partial charge < -0.3 is 0 Å². The van der Waals surface area contributed by atoms with Gasteiger partial charge in [-0.15, -0.1) is 0 Å². The van der Waals surface area contributed by atoms with E-state index in [2.05, 4.69) is 54.0 Å². The average molecular weight is 210 g/mol. The number of fused-ring (bicyclic) bond motifs is 1. The molecule has 0 unspecified atom stereocenters. The van der Waals surface area contributed by atoms with Crippen molar-refractivity contribution >= 4 is 10.0 Å². The normalized spacial score (nSPS) is 15.8. The number of benzene rings is 1. The van der Waals surface area contributed by atoms with E-state index in [4.69, 9.17) is 0 Å². The summed E-state index contributed by atoms with van der Waals surface area (Å²) in [6, 6.07) is 6.71. The van der Waals surface area contributed by atoms with Gasteiger partial charge in [-0.1, -0.05) is 0 Å². The molecule has 67 valence electrons. The van der Waals surface area contributed by atoms with Crippen LogP contribution in [0.3, 0.4) is 0 Å². The predicted octanol–water partition coefficient (Wildman–Crippen LogP) is 2.05. The Balaban J connectivity index is 2.51. The number of aryl methyl sites for hydroxylation is 2. The summed E-state index contributed by atoms with van der Waals surface area (Å²) in [6.07, 6.45) is 2.36. The Morgan fingerprint density at radius 1 is 1.31 bits per heavy atom. The molecule has 0 aliphatic carbocycles. The van der Waals surface area contributed by atoms with Crippen molar-refractivity contribution in [1.82, 2.24) is 0 Å². The van der Waals surface area contributed by atoms with E-state index in [-0.39, 0.29) is 0 Å². The molecule has 0 radical (unpaired) electrons. The molecule has 0 aromatic heterocycles. The second-order valence-corrected chi connectivity index (χ2v) is 4.41. The summed E-state index contributed by atoms with van der Waals surface area (Å²) < 4.78 is 1.41. The predicted molar refractivity (Wildman–Crippen MR) is 52.9 cm³/mol. The first-order chi connectivity index (χ1) is 6.18. The molecule has 0 amide bonds. The summed E-state index contributed by atoms with van der Waals surface area (Å²) >= 11 is 2.67. The fourth-order valence-corrected chi connectivity index (χ4v) is 2.09. The number of anilines is 1. The Kier molecular flexibility index (Phi) is 2.31. The van der Waals surface area contributed by atoms with Crippen LogP contribution < -0.4 is 4.90 Å². The molecule has 0 fully saturated rings. The fraction of sp³-hybridized carbons (Fsp3) is 0.364. The summed E-state index contributed by atoms with van der Waals surface area (Å²) in [6.45, 7) is 2.15. The SMILES string of the molecule is Cc1ccc2c(c1)N(C)[C](=[V])CC2. The first kappa shape index (κ1) is 9.05. The maximum atomic E-state index is 2.67. The zero-order chi connectivity index (χ0) is 9.42. The summed E-state index contributed by atoms with van der Waals surface area (Å²) in [4.78, 5) is 2.28. The van der Waals surface area contributed by atoms with Crippen molar-refractivity contribution in [2.75, 3.05) is 11.9 Å². The Morgan fingerprint density at radius 3 is 2.85 bits per heavy atom. The molecule has 1 aliphatic rings. The Bertz CT molecular complexity index is 357. The van der Waals surface area contributed by atoms with Crippen LogP contribution in [0.25, 0.3) is 0 Å². The zero-order valence-corrected chi connectivity index (χ0v) is 9.44. The van der Waals surface area contributed by atoms with Crippen molar-refractivity contribution in [3.8, 4) is 0 Å². The van der Waals surface area contributed by atoms with E-state index in [1.54, 1.807) is 0 Å². The molecule has 1 aromatic carbocycles. The van der Waals surface area contributed by atoms with E-state index >= 15 is 0 Å². The van der Waals surface area contributed by atoms with Gasteiger partial charge in [0.05, 0.1) is 0 Å². The molecule has 2 rings (SSSR count). The molecule has 2 heteroatoms. The molecule has 1 nitrogen and oxygen atoms in total. The molecule has 0 bridgehead atoms. The van der Waals surface area contributed by atoms with Gasteiger partial charge in [0.25, 0.3) is 0 Å². The number of hydrogen-bond acceptors (Lipinski definition) is 1. The van der Waals surface area contributed by atoms with Crippen LogP contribution in [0.5, 0.6) is 0 Å². The molecule has 1 aliphatic heterocycles. The standard InChI is InChI=1S/C11H13N.V/c1-9-5-6-10-4-3-7-12(2)11(10)8-9;/h5-6,8H,3-4H2,1-2H3;. The molecule has 0 saturated heterocycles. The number of nitrogens with zero attached hydrogens (tertiary/aromatic N) is 1. The Hall–Kier alpha value is -0.526. The fourth-order valence-electron chi connectivity index (χ4n) is 1.75. The molecular weight excluding hydrogens is 197 g/mol. The van der Waals surface area contributed by atoms with Gasteiger partial charge in [-0.3, -0.25) is 0 Å². The summed E-state index contributed by atoms with van der Waals surface area (Å²) in [7, 11) is 2.14. The van der Waals surface area contributed by atoms with Crippen LogP contribution in [0, 0.1) is 6.92 Å². The monoisotopic (exact) mass is 210 g/mol. The molecular formula is C11H13NV. The Labute approximate surface area is 88.2 Å². The number of rotatable bonds is 0. The second-order valence-electron chi connectivity index (χ2n) is 3.61. The summed E-state index contributed by atoms with van der Waals surface area (Å²) in [5.74, 6) is 0. The second kappa shape index (κ2) is 3.32. The van der Waals surface area contributed by atoms with Gasteiger partial charge in [0.1, 0.15) is 0 Å². The minimum absolute atomic E-state index is 1.17. The van der Waals surface area contributed by atoms with Crippen LogP contribution in [0.2, 0.25) is 0 Å². The summed E-state index contributed by atoms with van der Waals surface area (Å²) in [5, 5.41) is 0. The van der Waals surface area contributed by atoms with Crippen LogP contribution in [0.15, 0.2) is 18.2 Å². The van der Waals surface area contributed by atoms with E-state index in [1.165, 1.54) is 34.0 Å². The van der Waals surface area contributed by atoms with E-state index in [0.717, 1.165) is 0 Å². The van der Waals surface area contributed by atoms with Crippen molar-refractivity contribution in [2.24, 2.45) is 0 Å².